The Morgan fingerprint density at radius 3 is 2.42 bits per heavy atom. The molecule has 0 aliphatic carbocycles. The molecule has 31 heavy (non-hydrogen) atoms. The van der Waals surface area contributed by atoms with Gasteiger partial charge < -0.3 is 5.32 Å². The van der Waals surface area contributed by atoms with Crippen LogP contribution in [-0.2, 0) is 24.3 Å². The molecule has 0 bridgehead atoms. The van der Waals surface area contributed by atoms with Crippen molar-refractivity contribution in [2.24, 2.45) is 0 Å². The van der Waals surface area contributed by atoms with Gasteiger partial charge in [0.1, 0.15) is 0 Å². The van der Waals surface area contributed by atoms with Gasteiger partial charge in [-0.15, -0.1) is 11.3 Å². The van der Waals surface area contributed by atoms with E-state index in [2.05, 4.69) is 39.9 Å². The molecule has 0 aliphatic rings. The van der Waals surface area contributed by atoms with Crippen LogP contribution in [0.5, 0.6) is 0 Å². The number of nitrogens with zero attached hydrogens (tertiary/aromatic N) is 3. The molecule has 160 valence electrons. The van der Waals surface area contributed by atoms with Gasteiger partial charge in [-0.1, -0.05) is 36.4 Å². The summed E-state index contributed by atoms with van der Waals surface area (Å²) in [7, 11) is 0. The summed E-state index contributed by atoms with van der Waals surface area (Å²) in [5, 5.41) is 6.09. The maximum atomic E-state index is 12.7. The van der Waals surface area contributed by atoms with E-state index in [9.17, 15) is 9.59 Å². The number of imidazole rings is 1. The third kappa shape index (κ3) is 4.61. The quantitative estimate of drug-likeness (QED) is 0.456. The molecule has 6 nitrogen and oxygen atoms in total. The molecule has 4 aromatic rings. The van der Waals surface area contributed by atoms with Crippen molar-refractivity contribution in [2.45, 2.75) is 39.8 Å². The molecule has 0 fully saturated rings. The van der Waals surface area contributed by atoms with Crippen molar-refractivity contribution in [1.82, 2.24) is 19.4 Å². The Morgan fingerprint density at radius 2 is 1.77 bits per heavy atom. The fraction of sp³-hybridized carbons (Fsp3) is 0.292. The molecule has 2 aromatic carbocycles. The lowest BCUT2D eigenvalue weighted by Crippen LogP contribution is -2.29. The SMILES string of the molecule is CCn1c(=O)n(CCC(=O)NCCc2ccc(-c3csc(C)n3)cc2)c2ccccc21. The molecule has 0 saturated heterocycles. The van der Waals surface area contributed by atoms with E-state index < -0.39 is 0 Å². The second kappa shape index (κ2) is 9.31. The number of amides is 1. The minimum atomic E-state index is -0.0631. The number of aryl methyl sites for hydroxylation is 3. The van der Waals surface area contributed by atoms with Crippen molar-refractivity contribution in [3.05, 3.63) is 75.0 Å². The van der Waals surface area contributed by atoms with Crippen LogP contribution >= 0.6 is 11.3 Å². The van der Waals surface area contributed by atoms with Crippen molar-refractivity contribution < 1.29 is 4.79 Å². The highest BCUT2D eigenvalue weighted by molar-refractivity contribution is 7.09. The molecular formula is C24H26N4O2S. The molecule has 0 atom stereocenters. The molecule has 0 aliphatic heterocycles. The summed E-state index contributed by atoms with van der Waals surface area (Å²) in [6, 6.07) is 16.0. The second-order valence-electron chi connectivity index (χ2n) is 7.47. The zero-order valence-electron chi connectivity index (χ0n) is 17.8. The Labute approximate surface area is 185 Å². The molecule has 2 heterocycles. The molecule has 0 saturated carbocycles. The van der Waals surface area contributed by atoms with E-state index in [0.717, 1.165) is 33.7 Å². The van der Waals surface area contributed by atoms with Crippen LogP contribution in [0.3, 0.4) is 0 Å². The number of hydrogen-bond acceptors (Lipinski definition) is 4. The highest BCUT2D eigenvalue weighted by Crippen LogP contribution is 2.21. The molecule has 0 radical (unpaired) electrons. The number of carbonyl (C=O) groups excluding carboxylic acids is 1. The molecule has 4 rings (SSSR count). The smallest absolute Gasteiger partial charge is 0.329 e. The van der Waals surface area contributed by atoms with Crippen molar-refractivity contribution in [3.8, 4) is 11.3 Å². The third-order valence-electron chi connectivity index (χ3n) is 5.41. The highest BCUT2D eigenvalue weighted by Gasteiger charge is 2.12. The van der Waals surface area contributed by atoms with Gasteiger partial charge in [-0.05, 0) is 38.0 Å². The Kier molecular flexibility index (Phi) is 6.32. The first-order valence-corrected chi connectivity index (χ1v) is 11.4. The van der Waals surface area contributed by atoms with Gasteiger partial charge in [0.05, 0.1) is 21.7 Å². The first kappa shape index (κ1) is 21.1. The number of carbonyl (C=O) groups is 1. The van der Waals surface area contributed by atoms with E-state index >= 15 is 0 Å². The molecule has 0 spiro atoms. The lowest BCUT2D eigenvalue weighted by atomic mass is 10.1. The van der Waals surface area contributed by atoms with Crippen molar-refractivity contribution >= 4 is 28.3 Å². The standard InChI is InChI=1S/C24H26N4O2S/c1-3-27-21-6-4-5-7-22(21)28(24(27)30)15-13-23(29)25-14-12-18-8-10-19(11-9-18)20-16-31-17(2)26-20/h4-11,16H,3,12-15H2,1-2H3,(H,25,29). The van der Waals surface area contributed by atoms with E-state index in [0.29, 0.717) is 19.6 Å². The van der Waals surface area contributed by atoms with E-state index in [1.165, 1.54) is 5.56 Å². The molecule has 2 aromatic heterocycles. The number of rotatable bonds is 8. The Morgan fingerprint density at radius 1 is 1.06 bits per heavy atom. The minimum absolute atomic E-state index is 0.0465. The summed E-state index contributed by atoms with van der Waals surface area (Å²) >= 11 is 1.65. The second-order valence-corrected chi connectivity index (χ2v) is 8.53. The van der Waals surface area contributed by atoms with Gasteiger partial charge in [-0.2, -0.15) is 0 Å². The predicted octanol–water partition coefficient (Wildman–Crippen LogP) is 4.00. The normalized spacial score (nSPS) is 11.2. The number of fused-ring (bicyclic) bond motifs is 1. The van der Waals surface area contributed by atoms with Gasteiger partial charge in [0.15, 0.2) is 0 Å². The van der Waals surface area contributed by atoms with E-state index in [-0.39, 0.29) is 18.0 Å². The van der Waals surface area contributed by atoms with Gasteiger partial charge in [0.25, 0.3) is 0 Å². The first-order chi connectivity index (χ1) is 15.1. The van der Waals surface area contributed by atoms with Crippen LogP contribution in [0.2, 0.25) is 0 Å². The van der Waals surface area contributed by atoms with Gasteiger partial charge in [0, 0.05) is 37.0 Å². The zero-order chi connectivity index (χ0) is 21.8. The van der Waals surface area contributed by atoms with Gasteiger partial charge in [-0.3, -0.25) is 13.9 Å². The lowest BCUT2D eigenvalue weighted by molar-refractivity contribution is -0.121. The van der Waals surface area contributed by atoms with Crippen molar-refractivity contribution in [1.29, 1.82) is 0 Å². The number of benzene rings is 2. The lowest BCUT2D eigenvalue weighted by Gasteiger charge is -2.07. The molecular weight excluding hydrogens is 408 g/mol. The predicted molar refractivity (Wildman–Crippen MR) is 125 cm³/mol. The average molecular weight is 435 g/mol. The number of nitrogens with one attached hydrogen (secondary N) is 1. The van der Waals surface area contributed by atoms with Gasteiger partial charge in [-0.25, -0.2) is 9.78 Å². The van der Waals surface area contributed by atoms with Crippen LogP contribution in [0.4, 0.5) is 0 Å². The van der Waals surface area contributed by atoms with Crippen LogP contribution in [-0.4, -0.2) is 26.6 Å². The van der Waals surface area contributed by atoms with Crippen molar-refractivity contribution in [2.75, 3.05) is 6.54 Å². The topological polar surface area (TPSA) is 68.9 Å². The summed E-state index contributed by atoms with van der Waals surface area (Å²) in [6.07, 6.45) is 1.04. The average Bonchev–Trinajstić information content (AvgIpc) is 3.33. The van der Waals surface area contributed by atoms with Crippen LogP contribution in [0.1, 0.15) is 23.9 Å². The van der Waals surface area contributed by atoms with Crippen LogP contribution in [0.15, 0.2) is 58.7 Å². The summed E-state index contributed by atoms with van der Waals surface area (Å²) in [6.45, 7) is 5.51. The first-order valence-electron chi connectivity index (χ1n) is 10.5. The fourth-order valence-electron chi connectivity index (χ4n) is 3.78. The van der Waals surface area contributed by atoms with Gasteiger partial charge >= 0.3 is 5.69 Å². The maximum Gasteiger partial charge on any atom is 0.329 e. The summed E-state index contributed by atoms with van der Waals surface area (Å²) in [5.41, 5.74) is 4.99. The third-order valence-corrected chi connectivity index (χ3v) is 6.18. The van der Waals surface area contributed by atoms with Crippen LogP contribution in [0.25, 0.3) is 22.3 Å². The van der Waals surface area contributed by atoms with E-state index in [1.54, 1.807) is 20.5 Å². The molecule has 0 unspecified atom stereocenters. The Hall–Kier alpha value is -3.19. The minimum Gasteiger partial charge on any atom is -0.356 e. The monoisotopic (exact) mass is 434 g/mol. The Bertz CT molecular complexity index is 1250. The van der Waals surface area contributed by atoms with Gasteiger partial charge in [0.2, 0.25) is 5.91 Å². The number of para-hydroxylation sites is 2. The van der Waals surface area contributed by atoms with E-state index in [4.69, 9.17) is 0 Å². The summed E-state index contributed by atoms with van der Waals surface area (Å²) in [5.74, 6) is -0.0465. The molecule has 1 amide bonds. The number of hydrogen-bond donors (Lipinski definition) is 1. The fourth-order valence-corrected chi connectivity index (χ4v) is 4.40. The van der Waals surface area contributed by atoms with Crippen LogP contribution in [0, 0.1) is 6.92 Å². The van der Waals surface area contributed by atoms with Crippen LogP contribution < -0.4 is 11.0 Å². The number of aromatic nitrogens is 3. The van der Waals surface area contributed by atoms with E-state index in [1.807, 2.05) is 38.1 Å². The highest BCUT2D eigenvalue weighted by atomic mass is 32.1. The summed E-state index contributed by atoms with van der Waals surface area (Å²) < 4.78 is 3.43. The maximum absolute atomic E-state index is 12.7. The Balaban J connectivity index is 1.30. The largest absolute Gasteiger partial charge is 0.356 e. The molecule has 1 N–H and O–H groups in total. The van der Waals surface area contributed by atoms with Crippen molar-refractivity contribution in [3.63, 3.8) is 0 Å². The zero-order valence-corrected chi connectivity index (χ0v) is 18.6. The summed E-state index contributed by atoms with van der Waals surface area (Å²) in [4.78, 5) is 29.5. The molecule has 7 heteroatoms. The number of thiazole rings is 1.